The van der Waals surface area contributed by atoms with E-state index < -0.39 is 0 Å². The molecule has 1 aromatic heterocycles. The van der Waals surface area contributed by atoms with E-state index in [1.165, 1.54) is 35.1 Å². The van der Waals surface area contributed by atoms with Crippen LogP contribution in [-0.4, -0.2) is 21.2 Å². The Bertz CT molecular complexity index is 1210. The van der Waals surface area contributed by atoms with Gasteiger partial charge < -0.3 is 10.1 Å². The lowest BCUT2D eigenvalue weighted by Crippen LogP contribution is -2.43. The van der Waals surface area contributed by atoms with Gasteiger partial charge in [0.15, 0.2) is 0 Å². The summed E-state index contributed by atoms with van der Waals surface area (Å²) in [5.41, 5.74) is 7.76. The first-order valence-corrected chi connectivity index (χ1v) is 12.0. The molecule has 1 heterocycles. The molecule has 0 amide bonds. The molecule has 0 bridgehead atoms. The van der Waals surface area contributed by atoms with Gasteiger partial charge in [0.1, 0.15) is 5.82 Å². The number of para-hydroxylation sites is 2. The Hall–Kier alpha value is -2.91. The van der Waals surface area contributed by atoms with Crippen molar-refractivity contribution in [1.82, 2.24) is 9.97 Å². The van der Waals surface area contributed by atoms with Crippen LogP contribution >= 0.6 is 0 Å². The molecule has 2 aliphatic rings. The normalized spacial score (nSPS) is 25.2. The van der Waals surface area contributed by atoms with E-state index in [9.17, 15) is 5.11 Å². The van der Waals surface area contributed by atoms with Gasteiger partial charge >= 0.3 is 0 Å². The number of nitrogens with zero attached hydrogens (tertiary/aromatic N) is 1. The van der Waals surface area contributed by atoms with Crippen LogP contribution in [0, 0.1) is 5.92 Å². The third-order valence-corrected chi connectivity index (χ3v) is 7.93. The molecule has 3 heteroatoms. The lowest BCUT2D eigenvalue weighted by molar-refractivity contribution is 0.0468. The van der Waals surface area contributed by atoms with Crippen LogP contribution in [0.1, 0.15) is 48.8 Å². The third-order valence-electron chi connectivity index (χ3n) is 7.93. The van der Waals surface area contributed by atoms with Gasteiger partial charge in [-0.2, -0.15) is 0 Å². The number of imidazole rings is 1. The monoisotopic (exact) mass is 422 g/mol. The van der Waals surface area contributed by atoms with E-state index in [0.717, 1.165) is 49.0 Å². The number of hydrogen-bond donors (Lipinski definition) is 2. The van der Waals surface area contributed by atoms with Gasteiger partial charge in [-0.25, -0.2) is 4.98 Å². The predicted octanol–water partition coefficient (Wildman–Crippen LogP) is 6.21. The average Bonchev–Trinajstić information content (AvgIpc) is 3.19. The van der Waals surface area contributed by atoms with E-state index in [4.69, 9.17) is 4.98 Å². The minimum atomic E-state index is -0.153. The Kier molecular flexibility index (Phi) is 4.87. The number of hydrogen-bond acceptors (Lipinski definition) is 2. The lowest BCUT2D eigenvalue weighted by Gasteiger charge is -2.46. The van der Waals surface area contributed by atoms with Crippen LogP contribution in [0.25, 0.3) is 22.4 Å². The fourth-order valence-corrected chi connectivity index (χ4v) is 6.40. The summed E-state index contributed by atoms with van der Waals surface area (Å²) in [5.74, 6) is 1.48. The van der Waals surface area contributed by atoms with Crippen molar-refractivity contribution in [2.75, 3.05) is 0 Å². The van der Waals surface area contributed by atoms with Gasteiger partial charge in [0.25, 0.3) is 0 Å². The summed E-state index contributed by atoms with van der Waals surface area (Å²) in [5, 5.41) is 10.5. The van der Waals surface area contributed by atoms with Crippen molar-refractivity contribution in [3.63, 3.8) is 0 Å². The van der Waals surface area contributed by atoms with Crippen molar-refractivity contribution < 1.29 is 5.11 Å². The molecule has 3 aromatic carbocycles. The number of benzene rings is 3. The summed E-state index contributed by atoms with van der Waals surface area (Å²) < 4.78 is 0. The Labute approximate surface area is 189 Å². The van der Waals surface area contributed by atoms with E-state index in [0.29, 0.717) is 5.92 Å². The van der Waals surface area contributed by atoms with Crippen molar-refractivity contribution >= 4 is 11.0 Å². The minimum Gasteiger partial charge on any atom is -0.393 e. The van der Waals surface area contributed by atoms with Crippen molar-refractivity contribution in [3.8, 4) is 11.4 Å². The molecular weight excluding hydrogens is 392 g/mol. The molecule has 0 saturated heterocycles. The van der Waals surface area contributed by atoms with Crippen molar-refractivity contribution in [2.24, 2.45) is 5.92 Å². The molecule has 2 N–H and O–H groups in total. The fourth-order valence-electron chi connectivity index (χ4n) is 6.40. The second-order valence-electron chi connectivity index (χ2n) is 9.81. The van der Waals surface area contributed by atoms with Crippen molar-refractivity contribution in [1.29, 1.82) is 0 Å². The smallest absolute Gasteiger partial charge is 0.138 e. The number of aliphatic hydroxyl groups is 1. The van der Waals surface area contributed by atoms with E-state index >= 15 is 0 Å². The molecule has 162 valence electrons. The number of fused-ring (bicyclic) bond motifs is 4. The SMILES string of the molecule is OC1CCC2(Cc3ccccc3)c3ccc(-c4nc5ccccc5[nH]4)cc3CCCC2C1. The molecule has 3 nitrogen and oxygen atoms in total. The first kappa shape index (κ1) is 19.8. The van der Waals surface area contributed by atoms with Gasteiger partial charge in [0, 0.05) is 11.0 Å². The lowest BCUT2D eigenvalue weighted by atomic mass is 9.58. The molecule has 0 radical (unpaired) electrons. The van der Waals surface area contributed by atoms with E-state index in [-0.39, 0.29) is 11.5 Å². The maximum absolute atomic E-state index is 10.5. The third kappa shape index (κ3) is 3.36. The molecule has 32 heavy (non-hydrogen) atoms. The summed E-state index contributed by atoms with van der Waals surface area (Å²) >= 11 is 0. The number of aromatic nitrogens is 2. The summed E-state index contributed by atoms with van der Waals surface area (Å²) in [7, 11) is 0. The standard InChI is InChI=1S/C29H30N2O/c32-24-15-16-29(19-20-7-2-1-3-8-20)23(18-24)10-6-9-21-17-22(13-14-25(21)29)28-30-26-11-4-5-12-27(26)31-28/h1-5,7-8,11-14,17,23-24,32H,6,9-10,15-16,18-19H2,(H,30,31). The topological polar surface area (TPSA) is 48.9 Å². The Morgan fingerprint density at radius 1 is 0.969 bits per heavy atom. The second-order valence-corrected chi connectivity index (χ2v) is 9.81. The number of aryl methyl sites for hydroxylation is 1. The first-order chi connectivity index (χ1) is 15.7. The summed E-state index contributed by atoms with van der Waals surface area (Å²) in [6.45, 7) is 0. The largest absolute Gasteiger partial charge is 0.393 e. The highest BCUT2D eigenvalue weighted by Gasteiger charge is 2.46. The van der Waals surface area contributed by atoms with E-state index in [1.807, 2.05) is 12.1 Å². The predicted molar refractivity (Wildman–Crippen MR) is 130 cm³/mol. The highest BCUT2D eigenvalue weighted by atomic mass is 16.3. The highest BCUT2D eigenvalue weighted by molar-refractivity contribution is 5.79. The minimum absolute atomic E-state index is 0.110. The molecule has 6 rings (SSSR count). The molecule has 4 aromatic rings. The number of aromatic amines is 1. The van der Waals surface area contributed by atoms with Gasteiger partial charge in [-0.15, -0.1) is 0 Å². The molecule has 0 aliphatic heterocycles. The van der Waals surface area contributed by atoms with Gasteiger partial charge in [-0.3, -0.25) is 0 Å². The molecule has 0 spiro atoms. The maximum atomic E-state index is 10.5. The molecular formula is C29H30N2O. The quantitative estimate of drug-likeness (QED) is 0.412. The van der Waals surface area contributed by atoms with Crippen LogP contribution in [0.4, 0.5) is 0 Å². The maximum Gasteiger partial charge on any atom is 0.138 e. The first-order valence-electron chi connectivity index (χ1n) is 12.0. The average molecular weight is 423 g/mol. The van der Waals surface area contributed by atoms with Crippen molar-refractivity contribution in [3.05, 3.63) is 89.5 Å². The van der Waals surface area contributed by atoms with Gasteiger partial charge in [0.05, 0.1) is 17.1 Å². The second kappa shape index (κ2) is 7.90. The van der Waals surface area contributed by atoms with Gasteiger partial charge in [0.2, 0.25) is 0 Å². The van der Waals surface area contributed by atoms with Crippen LogP contribution in [0.5, 0.6) is 0 Å². The van der Waals surface area contributed by atoms with Gasteiger partial charge in [-0.05, 0) is 85.8 Å². The number of nitrogens with one attached hydrogen (secondary N) is 1. The Morgan fingerprint density at radius 2 is 1.81 bits per heavy atom. The Morgan fingerprint density at radius 3 is 2.69 bits per heavy atom. The van der Waals surface area contributed by atoms with Crippen LogP contribution in [0.15, 0.2) is 72.8 Å². The molecule has 1 saturated carbocycles. The summed E-state index contributed by atoms with van der Waals surface area (Å²) in [6, 6.07) is 26.2. The van der Waals surface area contributed by atoms with E-state index in [1.54, 1.807) is 0 Å². The van der Waals surface area contributed by atoms with Crippen molar-refractivity contribution in [2.45, 2.75) is 56.5 Å². The van der Waals surface area contributed by atoms with Crippen LogP contribution < -0.4 is 0 Å². The number of rotatable bonds is 3. The summed E-state index contributed by atoms with van der Waals surface area (Å²) in [6.07, 6.45) is 7.27. The number of H-pyrrole nitrogens is 1. The molecule has 2 aliphatic carbocycles. The Balaban J connectivity index is 1.46. The molecule has 3 unspecified atom stereocenters. The zero-order valence-electron chi connectivity index (χ0n) is 18.4. The van der Waals surface area contributed by atoms with Gasteiger partial charge in [-0.1, -0.05) is 54.6 Å². The number of aliphatic hydroxyl groups excluding tert-OH is 1. The molecule has 3 atom stereocenters. The molecule has 1 fully saturated rings. The van der Waals surface area contributed by atoms with Crippen LogP contribution in [0.2, 0.25) is 0 Å². The highest BCUT2D eigenvalue weighted by Crippen LogP contribution is 2.51. The van der Waals surface area contributed by atoms with Crippen LogP contribution in [0.3, 0.4) is 0 Å². The fraction of sp³-hybridized carbons (Fsp3) is 0.345. The van der Waals surface area contributed by atoms with E-state index in [2.05, 4.69) is 65.6 Å². The summed E-state index contributed by atoms with van der Waals surface area (Å²) in [4.78, 5) is 8.34. The van der Waals surface area contributed by atoms with Crippen LogP contribution in [-0.2, 0) is 18.3 Å². The zero-order chi connectivity index (χ0) is 21.5. The zero-order valence-corrected chi connectivity index (χ0v) is 18.4.